The van der Waals surface area contributed by atoms with E-state index in [9.17, 15) is 0 Å². The molecular formula is C33H40Cl2N2O3. The number of nitrogens with zero attached hydrogens (tertiary/aromatic N) is 2. The smallest absolute Gasteiger partial charge is 0.143 e. The van der Waals surface area contributed by atoms with Crippen molar-refractivity contribution in [2.75, 3.05) is 27.1 Å². The van der Waals surface area contributed by atoms with Crippen LogP contribution in [0.3, 0.4) is 0 Å². The standard InChI is InChI=1S/C31H34Cl2N2O.C2H6O2/c1-4-6-7-19-36-20-8-10-25(9-5-2)26-14-11-24(12-15-26)13-18-31-34-30(23-35(31)3)27-16-17-28(32)22-29(33)21-27;1-4-2-3/h5,8-18,22-23H,2,4,6-7,19-21H2,1,3H3;3H,2H2,1H3/b10-8-,18-13+,25-9+;. The molecule has 1 aliphatic rings. The number of unbranched alkanes of at least 4 members (excludes halogenated alkanes) is 2. The number of aromatic nitrogens is 2. The van der Waals surface area contributed by atoms with Crippen LogP contribution in [0.1, 0.15) is 55.3 Å². The molecule has 0 spiro atoms. The highest BCUT2D eigenvalue weighted by atomic mass is 35.5. The summed E-state index contributed by atoms with van der Waals surface area (Å²) in [7, 11) is 3.42. The summed E-state index contributed by atoms with van der Waals surface area (Å²) in [6.45, 7) is 7.30. The first-order valence-corrected chi connectivity index (χ1v) is 14.1. The SMILES string of the molecule is C=C/C=C(\C=C/COCCCCC)c1ccc(/C=C/c2nc(C3=CC=C(Cl)C=C(Cl)C3)cn2C)cc1.COCO. The summed E-state index contributed by atoms with van der Waals surface area (Å²) in [5.74, 6) is 0.864. The van der Waals surface area contributed by atoms with Crippen molar-refractivity contribution < 1.29 is 14.6 Å². The lowest BCUT2D eigenvalue weighted by atomic mass is 10.0. The van der Waals surface area contributed by atoms with E-state index in [-0.39, 0.29) is 6.79 Å². The second kappa shape index (κ2) is 19.2. The molecule has 0 atom stereocenters. The van der Waals surface area contributed by atoms with Gasteiger partial charge in [-0.15, -0.1) is 0 Å². The van der Waals surface area contributed by atoms with Crippen LogP contribution in [0.2, 0.25) is 0 Å². The highest BCUT2D eigenvalue weighted by molar-refractivity contribution is 6.35. The van der Waals surface area contributed by atoms with Gasteiger partial charge in [0.25, 0.3) is 0 Å². The van der Waals surface area contributed by atoms with Gasteiger partial charge >= 0.3 is 0 Å². The quantitative estimate of drug-likeness (QED) is 0.146. The molecule has 1 aromatic heterocycles. The second-order valence-electron chi connectivity index (χ2n) is 9.02. The molecule has 0 bridgehead atoms. The van der Waals surface area contributed by atoms with Gasteiger partial charge in [-0.05, 0) is 46.9 Å². The largest absolute Gasteiger partial charge is 0.377 e. The average Bonchev–Trinajstić information content (AvgIpc) is 3.23. The topological polar surface area (TPSA) is 56.5 Å². The minimum absolute atomic E-state index is 0.181. The van der Waals surface area contributed by atoms with Crippen molar-refractivity contribution >= 4 is 46.5 Å². The van der Waals surface area contributed by atoms with Crippen LogP contribution in [0.25, 0.3) is 23.3 Å². The van der Waals surface area contributed by atoms with E-state index in [0.29, 0.717) is 23.1 Å². The third-order valence-electron chi connectivity index (χ3n) is 5.84. The monoisotopic (exact) mass is 582 g/mol. The molecule has 1 heterocycles. The van der Waals surface area contributed by atoms with E-state index < -0.39 is 0 Å². The fraction of sp³-hybridized carbons (Fsp3) is 0.303. The molecule has 0 saturated heterocycles. The number of ether oxygens (including phenoxy) is 2. The van der Waals surface area contributed by atoms with Crippen LogP contribution < -0.4 is 0 Å². The molecule has 0 aliphatic heterocycles. The lowest BCUT2D eigenvalue weighted by molar-refractivity contribution is 0.0325. The molecule has 0 radical (unpaired) electrons. The zero-order valence-electron chi connectivity index (χ0n) is 23.7. The molecule has 1 aromatic carbocycles. The number of methoxy groups -OCH3 is 1. The third kappa shape index (κ3) is 12.1. The minimum atomic E-state index is -0.181. The Labute approximate surface area is 249 Å². The van der Waals surface area contributed by atoms with Gasteiger partial charge in [0, 0.05) is 43.4 Å². The molecule has 0 amide bonds. The van der Waals surface area contributed by atoms with E-state index in [1.807, 2.05) is 48.2 Å². The van der Waals surface area contributed by atoms with Crippen molar-refractivity contribution in [1.82, 2.24) is 9.55 Å². The highest BCUT2D eigenvalue weighted by Crippen LogP contribution is 2.29. The number of halogens is 2. The number of hydrogen-bond acceptors (Lipinski definition) is 4. The van der Waals surface area contributed by atoms with Crippen molar-refractivity contribution in [3.63, 3.8) is 0 Å². The molecule has 214 valence electrons. The minimum Gasteiger partial charge on any atom is -0.377 e. The Morgan fingerprint density at radius 2 is 1.90 bits per heavy atom. The van der Waals surface area contributed by atoms with Crippen LogP contribution in [0.15, 0.2) is 89.6 Å². The van der Waals surface area contributed by atoms with Crippen molar-refractivity contribution in [2.24, 2.45) is 7.05 Å². The molecular weight excluding hydrogens is 543 g/mol. The summed E-state index contributed by atoms with van der Waals surface area (Å²) in [5, 5.41) is 8.97. The van der Waals surface area contributed by atoms with Gasteiger partial charge in [0.2, 0.25) is 0 Å². The fourth-order valence-corrected chi connectivity index (χ4v) is 4.26. The molecule has 40 heavy (non-hydrogen) atoms. The van der Waals surface area contributed by atoms with E-state index in [1.54, 1.807) is 6.08 Å². The van der Waals surface area contributed by atoms with Crippen molar-refractivity contribution in [1.29, 1.82) is 0 Å². The Bertz CT molecular complexity index is 1250. The van der Waals surface area contributed by atoms with Crippen LogP contribution in [0.5, 0.6) is 0 Å². The number of allylic oxidation sites excluding steroid dienone is 10. The molecule has 0 saturated carbocycles. The predicted molar refractivity (Wildman–Crippen MR) is 171 cm³/mol. The number of aryl methyl sites for hydroxylation is 1. The van der Waals surface area contributed by atoms with Gasteiger partial charge < -0.3 is 19.1 Å². The molecule has 2 aromatic rings. The summed E-state index contributed by atoms with van der Waals surface area (Å²) >= 11 is 12.4. The average molecular weight is 584 g/mol. The van der Waals surface area contributed by atoms with Crippen molar-refractivity contribution in [2.45, 2.75) is 32.6 Å². The molecule has 1 N–H and O–H groups in total. The van der Waals surface area contributed by atoms with Gasteiger partial charge in [-0.1, -0.05) is 110 Å². The molecule has 0 fully saturated rings. The maximum atomic E-state index is 7.65. The first-order valence-electron chi connectivity index (χ1n) is 13.3. The third-order valence-corrected chi connectivity index (χ3v) is 6.32. The Morgan fingerprint density at radius 3 is 2.58 bits per heavy atom. The number of aliphatic hydroxyl groups is 1. The normalized spacial score (nSPS) is 13.9. The van der Waals surface area contributed by atoms with E-state index in [2.05, 4.69) is 60.7 Å². The van der Waals surface area contributed by atoms with E-state index in [1.165, 1.54) is 20.0 Å². The Morgan fingerprint density at radius 1 is 1.15 bits per heavy atom. The van der Waals surface area contributed by atoms with Crippen LogP contribution in [0, 0.1) is 0 Å². The first kappa shape index (κ1) is 33.3. The number of benzene rings is 1. The van der Waals surface area contributed by atoms with Gasteiger partial charge in [-0.2, -0.15) is 0 Å². The number of aliphatic hydroxyl groups excluding tert-OH is 1. The molecule has 3 rings (SSSR count). The molecule has 7 heteroatoms. The number of hydrogen-bond donors (Lipinski definition) is 1. The van der Waals surface area contributed by atoms with Crippen LogP contribution >= 0.6 is 23.2 Å². The summed E-state index contributed by atoms with van der Waals surface area (Å²) in [6.07, 6.45) is 23.8. The maximum Gasteiger partial charge on any atom is 0.143 e. The van der Waals surface area contributed by atoms with Gasteiger partial charge in [-0.3, -0.25) is 0 Å². The zero-order valence-corrected chi connectivity index (χ0v) is 25.2. The molecule has 5 nitrogen and oxygen atoms in total. The first-order chi connectivity index (χ1) is 19.4. The maximum absolute atomic E-state index is 7.65. The summed E-state index contributed by atoms with van der Waals surface area (Å²) in [4.78, 5) is 4.79. The number of imidazole rings is 1. The zero-order chi connectivity index (χ0) is 29.2. The van der Waals surface area contributed by atoms with Crippen LogP contribution in [-0.2, 0) is 16.5 Å². The van der Waals surface area contributed by atoms with Crippen molar-refractivity contribution in [3.05, 3.63) is 112 Å². The Kier molecular flexibility index (Phi) is 16.0. The van der Waals surface area contributed by atoms with E-state index >= 15 is 0 Å². The Hall–Kier alpha value is -2.93. The number of rotatable bonds is 13. The summed E-state index contributed by atoms with van der Waals surface area (Å²) in [5.41, 5.74) is 5.25. The van der Waals surface area contributed by atoms with Gasteiger partial charge in [0.05, 0.1) is 12.3 Å². The summed E-state index contributed by atoms with van der Waals surface area (Å²) < 4.78 is 11.8. The lowest BCUT2D eigenvalue weighted by Crippen LogP contribution is -1.94. The highest BCUT2D eigenvalue weighted by Gasteiger charge is 2.11. The second-order valence-corrected chi connectivity index (χ2v) is 9.94. The van der Waals surface area contributed by atoms with Gasteiger partial charge in [0.1, 0.15) is 12.6 Å². The van der Waals surface area contributed by atoms with Gasteiger partial charge in [-0.25, -0.2) is 4.98 Å². The summed E-state index contributed by atoms with van der Waals surface area (Å²) in [6, 6.07) is 8.44. The van der Waals surface area contributed by atoms with E-state index in [0.717, 1.165) is 46.8 Å². The fourth-order valence-electron chi connectivity index (χ4n) is 3.75. The van der Waals surface area contributed by atoms with Gasteiger partial charge in [0.15, 0.2) is 0 Å². The van der Waals surface area contributed by atoms with E-state index in [4.69, 9.17) is 38.0 Å². The lowest BCUT2D eigenvalue weighted by Gasteiger charge is -2.04. The predicted octanol–water partition coefficient (Wildman–Crippen LogP) is 8.54. The van der Waals surface area contributed by atoms with Crippen molar-refractivity contribution in [3.8, 4) is 0 Å². The van der Waals surface area contributed by atoms with Crippen LogP contribution in [0.4, 0.5) is 0 Å². The van der Waals surface area contributed by atoms with Crippen LogP contribution in [-0.4, -0.2) is 41.8 Å². The molecule has 1 aliphatic carbocycles. The Balaban J connectivity index is 0.00000131. The molecule has 0 unspecified atom stereocenters.